The number of anilines is 1. The van der Waals surface area contributed by atoms with E-state index < -0.39 is 0 Å². The van der Waals surface area contributed by atoms with Crippen LogP contribution in [0.1, 0.15) is 43.1 Å². The van der Waals surface area contributed by atoms with E-state index in [0.717, 1.165) is 12.8 Å². The van der Waals surface area contributed by atoms with Crippen molar-refractivity contribution < 1.29 is 14.3 Å². The lowest BCUT2D eigenvalue weighted by Gasteiger charge is -2.31. The zero-order valence-corrected chi connectivity index (χ0v) is 13.8. The molecule has 3 rings (SSSR count). The van der Waals surface area contributed by atoms with Gasteiger partial charge in [0.05, 0.1) is 6.61 Å². The van der Waals surface area contributed by atoms with Gasteiger partial charge in [-0.2, -0.15) is 0 Å². The maximum Gasteiger partial charge on any atom is 0.409 e. The van der Waals surface area contributed by atoms with Gasteiger partial charge in [-0.05, 0) is 44.7 Å². The fourth-order valence-corrected chi connectivity index (χ4v) is 2.65. The largest absolute Gasteiger partial charge is 0.450 e. The van der Waals surface area contributed by atoms with Crippen LogP contribution < -0.4 is 10.6 Å². The Kier molecular flexibility index (Phi) is 5.12. The van der Waals surface area contributed by atoms with Gasteiger partial charge in [-0.25, -0.2) is 4.79 Å². The number of carbonyl (C=O) groups excluding carboxylic acids is 2. The third kappa shape index (κ3) is 4.33. The Bertz CT molecular complexity index is 580. The van der Waals surface area contributed by atoms with Crippen molar-refractivity contribution in [1.29, 1.82) is 0 Å². The van der Waals surface area contributed by atoms with Gasteiger partial charge in [-0.1, -0.05) is 0 Å². The summed E-state index contributed by atoms with van der Waals surface area (Å²) in [6, 6.07) is 4.00. The molecule has 130 valence electrons. The lowest BCUT2D eigenvalue weighted by molar-refractivity contribution is 0.0856. The van der Waals surface area contributed by atoms with E-state index in [1.165, 1.54) is 0 Å². The summed E-state index contributed by atoms with van der Waals surface area (Å²) < 4.78 is 4.99. The number of likely N-dealkylation sites (tertiary alicyclic amines) is 1. The van der Waals surface area contributed by atoms with E-state index in [1.54, 1.807) is 24.0 Å². The number of hydrogen-bond acceptors (Lipinski definition) is 6. The van der Waals surface area contributed by atoms with Gasteiger partial charge in [0.1, 0.15) is 5.82 Å². The summed E-state index contributed by atoms with van der Waals surface area (Å²) in [7, 11) is 0. The van der Waals surface area contributed by atoms with Crippen molar-refractivity contribution in [2.24, 2.45) is 0 Å². The lowest BCUT2D eigenvalue weighted by Crippen LogP contribution is -2.46. The van der Waals surface area contributed by atoms with Crippen molar-refractivity contribution in [1.82, 2.24) is 20.4 Å². The van der Waals surface area contributed by atoms with Crippen molar-refractivity contribution in [2.45, 2.75) is 44.7 Å². The molecular formula is C16H23N5O3. The van der Waals surface area contributed by atoms with Crippen molar-refractivity contribution in [3.05, 3.63) is 17.8 Å². The van der Waals surface area contributed by atoms with Crippen molar-refractivity contribution in [3.63, 3.8) is 0 Å². The maximum absolute atomic E-state index is 12.2. The van der Waals surface area contributed by atoms with Crippen molar-refractivity contribution in [2.75, 3.05) is 25.0 Å². The molecule has 1 aromatic heterocycles. The molecule has 2 heterocycles. The zero-order valence-electron chi connectivity index (χ0n) is 13.8. The highest BCUT2D eigenvalue weighted by Gasteiger charge is 2.25. The summed E-state index contributed by atoms with van der Waals surface area (Å²) in [4.78, 5) is 25.6. The molecule has 1 aliphatic carbocycles. The molecule has 1 aromatic rings. The number of hydrogen-bond donors (Lipinski definition) is 2. The lowest BCUT2D eigenvalue weighted by atomic mass is 10.1. The highest BCUT2D eigenvalue weighted by atomic mass is 16.6. The van der Waals surface area contributed by atoms with Gasteiger partial charge in [-0.15, -0.1) is 10.2 Å². The van der Waals surface area contributed by atoms with Gasteiger partial charge in [0, 0.05) is 25.2 Å². The van der Waals surface area contributed by atoms with Gasteiger partial charge in [0.15, 0.2) is 5.69 Å². The van der Waals surface area contributed by atoms with Crippen molar-refractivity contribution >= 4 is 17.8 Å². The molecular weight excluding hydrogens is 310 g/mol. The molecule has 8 heteroatoms. The Hall–Kier alpha value is -2.38. The number of carbonyl (C=O) groups is 2. The van der Waals surface area contributed by atoms with Gasteiger partial charge in [-0.3, -0.25) is 4.79 Å². The van der Waals surface area contributed by atoms with Crippen LogP contribution >= 0.6 is 0 Å². The predicted molar refractivity (Wildman–Crippen MR) is 87.8 cm³/mol. The summed E-state index contributed by atoms with van der Waals surface area (Å²) in [5, 5.41) is 14.2. The van der Waals surface area contributed by atoms with Crippen LogP contribution in [0.4, 0.5) is 10.6 Å². The number of ether oxygens (including phenoxy) is 1. The molecule has 2 fully saturated rings. The Morgan fingerprint density at radius 2 is 1.92 bits per heavy atom. The van der Waals surface area contributed by atoms with E-state index in [4.69, 9.17) is 4.74 Å². The smallest absolute Gasteiger partial charge is 0.409 e. The minimum absolute atomic E-state index is 0.0363. The fourth-order valence-electron chi connectivity index (χ4n) is 2.65. The molecule has 0 radical (unpaired) electrons. The van der Waals surface area contributed by atoms with E-state index in [2.05, 4.69) is 20.8 Å². The van der Waals surface area contributed by atoms with Crippen LogP contribution in [-0.2, 0) is 4.74 Å². The van der Waals surface area contributed by atoms with Crippen LogP contribution in [0.15, 0.2) is 12.1 Å². The number of amides is 2. The first-order chi connectivity index (χ1) is 11.7. The SMILES string of the molecule is CCOC(=O)N1CCC(NC(=O)c2ccc(NC3CC3)nn2)CC1. The monoisotopic (exact) mass is 333 g/mol. The molecule has 1 aliphatic heterocycles. The first-order valence-corrected chi connectivity index (χ1v) is 8.48. The molecule has 2 aliphatic rings. The Labute approximate surface area is 141 Å². The molecule has 24 heavy (non-hydrogen) atoms. The predicted octanol–water partition coefficient (Wildman–Crippen LogP) is 1.40. The van der Waals surface area contributed by atoms with E-state index in [0.29, 0.717) is 50.1 Å². The third-order valence-corrected chi connectivity index (χ3v) is 4.18. The molecule has 1 saturated carbocycles. The molecule has 8 nitrogen and oxygen atoms in total. The quantitative estimate of drug-likeness (QED) is 0.845. The molecule has 2 amide bonds. The van der Waals surface area contributed by atoms with Crippen LogP contribution in [-0.4, -0.2) is 58.9 Å². The van der Waals surface area contributed by atoms with E-state index in [1.807, 2.05) is 0 Å². The Morgan fingerprint density at radius 3 is 2.50 bits per heavy atom. The first kappa shape index (κ1) is 16.5. The standard InChI is InChI=1S/C16H23N5O3/c1-2-24-16(23)21-9-7-12(8-10-21)18-15(22)13-5-6-14(20-19-13)17-11-3-4-11/h5-6,11-12H,2-4,7-10H2,1H3,(H,17,20)(H,18,22). The van der Waals surface area contributed by atoms with Crippen LogP contribution in [0.2, 0.25) is 0 Å². The van der Waals surface area contributed by atoms with Crippen LogP contribution in [0.3, 0.4) is 0 Å². The fraction of sp³-hybridized carbons (Fsp3) is 0.625. The molecule has 1 saturated heterocycles. The third-order valence-electron chi connectivity index (χ3n) is 4.18. The minimum Gasteiger partial charge on any atom is -0.450 e. The van der Waals surface area contributed by atoms with Gasteiger partial charge in [0.2, 0.25) is 0 Å². The molecule has 0 bridgehead atoms. The average Bonchev–Trinajstić information content (AvgIpc) is 3.40. The molecule has 0 spiro atoms. The van der Waals surface area contributed by atoms with E-state index in [-0.39, 0.29) is 18.0 Å². The summed E-state index contributed by atoms with van der Waals surface area (Å²) in [6.45, 7) is 3.33. The highest BCUT2D eigenvalue weighted by Crippen LogP contribution is 2.23. The number of nitrogens with one attached hydrogen (secondary N) is 2. The van der Waals surface area contributed by atoms with Crippen LogP contribution in [0.25, 0.3) is 0 Å². The topological polar surface area (TPSA) is 96.5 Å². The minimum atomic E-state index is -0.285. The maximum atomic E-state index is 12.2. The van der Waals surface area contributed by atoms with Crippen molar-refractivity contribution in [3.8, 4) is 0 Å². The molecule has 0 atom stereocenters. The van der Waals surface area contributed by atoms with E-state index in [9.17, 15) is 9.59 Å². The first-order valence-electron chi connectivity index (χ1n) is 8.48. The number of piperidine rings is 1. The second kappa shape index (κ2) is 7.46. The Morgan fingerprint density at radius 1 is 1.17 bits per heavy atom. The number of aromatic nitrogens is 2. The Balaban J connectivity index is 1.46. The summed E-state index contributed by atoms with van der Waals surface area (Å²) in [5.41, 5.74) is 0.309. The molecule has 2 N–H and O–H groups in total. The van der Waals surface area contributed by atoms with Crippen LogP contribution in [0.5, 0.6) is 0 Å². The van der Waals surface area contributed by atoms with Gasteiger partial charge >= 0.3 is 6.09 Å². The molecule has 0 aromatic carbocycles. The molecule has 0 unspecified atom stereocenters. The van der Waals surface area contributed by atoms with Crippen LogP contribution in [0, 0.1) is 0 Å². The zero-order chi connectivity index (χ0) is 16.9. The van der Waals surface area contributed by atoms with Gasteiger partial charge < -0.3 is 20.3 Å². The second-order valence-corrected chi connectivity index (χ2v) is 6.16. The number of rotatable bonds is 5. The summed E-state index contributed by atoms with van der Waals surface area (Å²) >= 11 is 0. The highest BCUT2D eigenvalue weighted by molar-refractivity contribution is 5.92. The second-order valence-electron chi connectivity index (χ2n) is 6.16. The number of nitrogens with zero attached hydrogens (tertiary/aromatic N) is 3. The normalized spacial score (nSPS) is 18.1. The van der Waals surface area contributed by atoms with E-state index >= 15 is 0 Å². The summed E-state index contributed by atoms with van der Waals surface area (Å²) in [5.74, 6) is 0.479. The summed E-state index contributed by atoms with van der Waals surface area (Å²) in [6.07, 6.45) is 3.45. The average molecular weight is 333 g/mol. The van der Waals surface area contributed by atoms with Gasteiger partial charge in [0.25, 0.3) is 5.91 Å².